The predicted molar refractivity (Wildman–Crippen MR) is 71.9 cm³/mol. The summed E-state index contributed by atoms with van der Waals surface area (Å²) in [7, 11) is 0. The van der Waals surface area contributed by atoms with Crippen LogP contribution in [0.4, 0.5) is 14.5 Å². The molecule has 7 heteroatoms. The number of hydrogen-bond donors (Lipinski definition) is 3. The van der Waals surface area contributed by atoms with Crippen molar-refractivity contribution in [1.82, 2.24) is 0 Å². The fourth-order valence-electron chi connectivity index (χ4n) is 2.66. The molecule has 1 saturated carbocycles. The second kappa shape index (κ2) is 5.77. The quantitative estimate of drug-likeness (QED) is 0.794. The molecule has 1 aromatic carbocycles. The van der Waals surface area contributed by atoms with Gasteiger partial charge in [-0.05, 0) is 18.9 Å². The molecule has 21 heavy (non-hydrogen) atoms. The highest BCUT2D eigenvalue weighted by atomic mass is 19.2. The van der Waals surface area contributed by atoms with E-state index in [-0.39, 0.29) is 12.2 Å². The van der Waals surface area contributed by atoms with Gasteiger partial charge in [0, 0.05) is 12.6 Å². The van der Waals surface area contributed by atoms with Crippen molar-refractivity contribution in [2.45, 2.75) is 25.7 Å². The van der Waals surface area contributed by atoms with Gasteiger partial charge in [-0.25, -0.2) is 13.6 Å². The smallest absolute Gasteiger partial charge is 0.337 e. The van der Waals surface area contributed by atoms with E-state index in [2.05, 4.69) is 5.32 Å². The van der Waals surface area contributed by atoms with Crippen molar-refractivity contribution in [3.63, 3.8) is 0 Å². The number of nitrogens with two attached hydrogens (primary N) is 1. The maximum absolute atomic E-state index is 13.3. The summed E-state index contributed by atoms with van der Waals surface area (Å²) in [6, 6.07) is 1.23. The summed E-state index contributed by atoms with van der Waals surface area (Å²) in [5.41, 5.74) is 4.15. The molecule has 1 aliphatic carbocycles. The first kappa shape index (κ1) is 15.4. The normalized spacial score (nSPS) is 16.7. The highest BCUT2D eigenvalue weighted by molar-refractivity contribution is 6.02. The molecule has 0 spiro atoms. The number of carboxylic acid groups (broad SMARTS) is 1. The minimum atomic E-state index is -1.45. The number of anilines is 1. The number of carboxylic acids is 1. The van der Waals surface area contributed by atoms with Crippen LogP contribution in [-0.4, -0.2) is 23.5 Å². The average molecular weight is 298 g/mol. The van der Waals surface area contributed by atoms with Crippen molar-refractivity contribution in [1.29, 1.82) is 0 Å². The Labute approximate surface area is 120 Å². The Hall–Kier alpha value is -2.02. The molecule has 1 fully saturated rings. The maximum Gasteiger partial charge on any atom is 0.337 e. The number of carbonyl (C=O) groups is 2. The molecule has 1 aromatic rings. The fourth-order valence-corrected chi connectivity index (χ4v) is 2.66. The van der Waals surface area contributed by atoms with Crippen LogP contribution in [0.1, 0.15) is 36.0 Å². The van der Waals surface area contributed by atoms with Gasteiger partial charge < -0.3 is 16.2 Å². The lowest BCUT2D eigenvalue weighted by Crippen LogP contribution is -2.40. The summed E-state index contributed by atoms with van der Waals surface area (Å²) >= 11 is 0. The van der Waals surface area contributed by atoms with E-state index >= 15 is 0 Å². The molecule has 5 nitrogen and oxygen atoms in total. The number of nitrogens with one attached hydrogen (secondary N) is 1. The zero-order valence-corrected chi connectivity index (χ0v) is 11.3. The number of halogens is 2. The first-order valence-corrected chi connectivity index (χ1v) is 6.63. The Morgan fingerprint density at radius 1 is 1.24 bits per heavy atom. The van der Waals surface area contributed by atoms with Gasteiger partial charge in [0.25, 0.3) is 0 Å². The van der Waals surface area contributed by atoms with Gasteiger partial charge in [-0.15, -0.1) is 0 Å². The Morgan fingerprint density at radius 2 is 1.81 bits per heavy atom. The Morgan fingerprint density at radius 3 is 2.33 bits per heavy atom. The van der Waals surface area contributed by atoms with Crippen LogP contribution in [0.25, 0.3) is 0 Å². The number of aromatic carboxylic acids is 1. The number of carbonyl (C=O) groups excluding carboxylic acids is 1. The molecule has 0 aromatic heterocycles. The van der Waals surface area contributed by atoms with Gasteiger partial charge in [0.15, 0.2) is 11.6 Å². The second-order valence-corrected chi connectivity index (χ2v) is 5.26. The van der Waals surface area contributed by atoms with Crippen LogP contribution in [0.5, 0.6) is 0 Å². The van der Waals surface area contributed by atoms with Crippen molar-refractivity contribution in [2.75, 3.05) is 11.9 Å². The van der Waals surface area contributed by atoms with E-state index in [4.69, 9.17) is 10.8 Å². The van der Waals surface area contributed by atoms with E-state index in [1.165, 1.54) is 0 Å². The van der Waals surface area contributed by atoms with E-state index < -0.39 is 34.5 Å². The minimum Gasteiger partial charge on any atom is -0.478 e. The van der Waals surface area contributed by atoms with Crippen molar-refractivity contribution in [3.8, 4) is 0 Å². The van der Waals surface area contributed by atoms with Gasteiger partial charge in [0.05, 0.1) is 16.7 Å². The first-order chi connectivity index (χ1) is 9.89. The van der Waals surface area contributed by atoms with E-state index in [9.17, 15) is 18.4 Å². The molecule has 4 N–H and O–H groups in total. The average Bonchev–Trinajstić information content (AvgIpc) is 2.92. The van der Waals surface area contributed by atoms with Crippen LogP contribution in [0.2, 0.25) is 0 Å². The molecule has 0 unspecified atom stereocenters. The van der Waals surface area contributed by atoms with Crippen LogP contribution in [0, 0.1) is 17.0 Å². The fraction of sp³-hybridized carbons (Fsp3) is 0.429. The van der Waals surface area contributed by atoms with Crippen LogP contribution < -0.4 is 11.1 Å². The Bertz CT molecular complexity index is 584. The SMILES string of the molecule is NCC1(C(=O)Nc2cc(F)c(F)cc2C(=O)O)CCCC1. The van der Waals surface area contributed by atoms with Crippen LogP contribution in [-0.2, 0) is 4.79 Å². The van der Waals surface area contributed by atoms with E-state index in [1.54, 1.807) is 0 Å². The minimum absolute atomic E-state index is 0.130. The highest BCUT2D eigenvalue weighted by Gasteiger charge is 2.40. The lowest BCUT2D eigenvalue weighted by atomic mass is 9.85. The molecule has 0 bridgehead atoms. The lowest BCUT2D eigenvalue weighted by Gasteiger charge is -2.26. The summed E-state index contributed by atoms with van der Waals surface area (Å²) in [5, 5.41) is 11.4. The maximum atomic E-state index is 13.3. The van der Waals surface area contributed by atoms with Crippen LogP contribution >= 0.6 is 0 Å². The standard InChI is InChI=1S/C14H16F2N2O3/c15-9-5-8(12(19)20)11(6-10(9)16)18-13(21)14(7-17)3-1-2-4-14/h5-6H,1-4,7,17H2,(H,18,21)(H,19,20). The molecule has 0 aliphatic heterocycles. The second-order valence-electron chi connectivity index (χ2n) is 5.26. The molecule has 1 amide bonds. The van der Waals surface area contributed by atoms with E-state index in [0.717, 1.165) is 12.8 Å². The third-order valence-electron chi connectivity index (χ3n) is 3.97. The van der Waals surface area contributed by atoms with Gasteiger partial charge in [0.1, 0.15) is 0 Å². The number of rotatable bonds is 4. The van der Waals surface area contributed by atoms with Crippen molar-refractivity contribution in [3.05, 3.63) is 29.3 Å². The third-order valence-corrected chi connectivity index (χ3v) is 3.97. The van der Waals surface area contributed by atoms with Gasteiger partial charge in [0.2, 0.25) is 5.91 Å². The lowest BCUT2D eigenvalue weighted by molar-refractivity contribution is -0.124. The molecule has 114 valence electrons. The van der Waals surface area contributed by atoms with Crippen molar-refractivity contribution < 1.29 is 23.5 Å². The molecular weight excluding hydrogens is 282 g/mol. The van der Waals surface area contributed by atoms with Gasteiger partial charge in [-0.2, -0.15) is 0 Å². The van der Waals surface area contributed by atoms with Crippen LogP contribution in [0.15, 0.2) is 12.1 Å². The van der Waals surface area contributed by atoms with Gasteiger partial charge in [-0.3, -0.25) is 4.79 Å². The zero-order chi connectivity index (χ0) is 15.6. The zero-order valence-electron chi connectivity index (χ0n) is 11.3. The van der Waals surface area contributed by atoms with Crippen LogP contribution in [0.3, 0.4) is 0 Å². The monoisotopic (exact) mass is 298 g/mol. The van der Waals surface area contributed by atoms with Gasteiger partial charge >= 0.3 is 5.97 Å². The van der Waals surface area contributed by atoms with Crippen molar-refractivity contribution in [2.24, 2.45) is 11.1 Å². The molecular formula is C14H16F2N2O3. The highest BCUT2D eigenvalue weighted by Crippen LogP contribution is 2.38. The summed E-state index contributed by atoms with van der Waals surface area (Å²) in [6.07, 6.45) is 2.91. The van der Waals surface area contributed by atoms with E-state index in [1.807, 2.05) is 0 Å². The molecule has 0 saturated heterocycles. The Balaban J connectivity index is 2.32. The molecule has 0 heterocycles. The summed E-state index contributed by atoms with van der Waals surface area (Å²) in [5.74, 6) is -4.39. The van der Waals surface area contributed by atoms with Crippen molar-refractivity contribution >= 4 is 17.6 Å². The molecule has 1 aliphatic rings. The summed E-state index contributed by atoms with van der Waals surface area (Å²) < 4.78 is 26.4. The molecule has 0 atom stereocenters. The number of hydrogen-bond acceptors (Lipinski definition) is 3. The largest absolute Gasteiger partial charge is 0.478 e. The summed E-state index contributed by atoms with van der Waals surface area (Å²) in [6.45, 7) is 0.130. The van der Waals surface area contributed by atoms with Gasteiger partial charge in [-0.1, -0.05) is 12.8 Å². The van der Waals surface area contributed by atoms with E-state index in [0.29, 0.717) is 25.0 Å². The molecule has 0 radical (unpaired) electrons. The first-order valence-electron chi connectivity index (χ1n) is 6.63. The Kier molecular flexibility index (Phi) is 4.22. The molecule has 2 rings (SSSR count). The predicted octanol–water partition coefficient (Wildman–Crippen LogP) is 2.12. The summed E-state index contributed by atoms with van der Waals surface area (Å²) in [4.78, 5) is 23.4. The topological polar surface area (TPSA) is 92.4 Å². The number of amides is 1. The number of benzene rings is 1. The third kappa shape index (κ3) is 2.87.